The normalized spacial score (nSPS) is 16.8. The maximum atomic E-state index is 2.54. The summed E-state index contributed by atoms with van der Waals surface area (Å²) in [6.07, 6.45) is 14.7. The van der Waals surface area contributed by atoms with E-state index in [1.54, 1.807) is 22.3 Å². The predicted octanol–water partition coefficient (Wildman–Crippen LogP) is 8.93. The zero-order valence-corrected chi connectivity index (χ0v) is 22.9. The number of benzene rings is 3. The molecule has 0 aliphatic heterocycles. The standard InChI is InChI=1S/C12H17.3C7H7.Zr/c1-2-6-11(7-3-1)10-12-8-4-5-9-12;3*1-7-5-3-2-4-6-7;/h4,8,11H,1-3,5-7,10H2;3*2-6H,1H2;. The first-order valence-electron chi connectivity index (χ1n) is 13.3. The summed E-state index contributed by atoms with van der Waals surface area (Å²) in [6.45, 7) is 0. The van der Waals surface area contributed by atoms with Crippen LogP contribution in [0.15, 0.2) is 112 Å². The van der Waals surface area contributed by atoms with Gasteiger partial charge < -0.3 is 0 Å². The Balaban J connectivity index is 1.59. The van der Waals surface area contributed by atoms with Crippen LogP contribution in [-0.2, 0) is 32.7 Å². The van der Waals surface area contributed by atoms with Crippen LogP contribution in [0.2, 0.25) is 0 Å². The zero-order valence-electron chi connectivity index (χ0n) is 20.5. The molecule has 1 saturated carbocycles. The van der Waals surface area contributed by atoms with Gasteiger partial charge in [0.15, 0.2) is 0 Å². The second-order valence-corrected chi connectivity index (χ2v) is 21.0. The summed E-state index contributed by atoms with van der Waals surface area (Å²) in [6, 6.07) is 34.2. The third kappa shape index (κ3) is 5.98. The average Bonchev–Trinajstić information content (AvgIpc) is 3.35. The van der Waals surface area contributed by atoms with Gasteiger partial charge in [0.1, 0.15) is 0 Å². The van der Waals surface area contributed by atoms with Crippen LogP contribution in [0, 0.1) is 5.92 Å². The summed E-state index contributed by atoms with van der Waals surface area (Å²) in [7, 11) is 0. The topological polar surface area (TPSA) is 0 Å². The zero-order chi connectivity index (χ0) is 23.1. The van der Waals surface area contributed by atoms with E-state index in [0.717, 1.165) is 5.92 Å². The molecule has 34 heavy (non-hydrogen) atoms. The van der Waals surface area contributed by atoms with Crippen LogP contribution in [0.4, 0.5) is 0 Å². The molecule has 2 aliphatic carbocycles. The van der Waals surface area contributed by atoms with Gasteiger partial charge in [0.05, 0.1) is 0 Å². The molecule has 3 aromatic carbocycles. The predicted molar refractivity (Wildman–Crippen MR) is 142 cm³/mol. The van der Waals surface area contributed by atoms with Crippen molar-refractivity contribution in [2.45, 2.75) is 57.3 Å². The molecule has 0 saturated heterocycles. The molecule has 0 radical (unpaired) electrons. The molecule has 0 atom stereocenters. The van der Waals surface area contributed by atoms with E-state index in [1.807, 2.05) is 3.28 Å². The third-order valence-corrected chi connectivity index (χ3v) is 20.5. The molecule has 0 bridgehead atoms. The van der Waals surface area contributed by atoms with E-state index in [1.165, 1.54) is 57.3 Å². The molecular formula is C33H38Zr. The Bertz CT molecular complexity index is 988. The number of hydrogen-bond donors (Lipinski definition) is 0. The van der Waals surface area contributed by atoms with Crippen molar-refractivity contribution in [1.29, 1.82) is 0 Å². The molecule has 0 amide bonds. The van der Waals surface area contributed by atoms with Crippen LogP contribution in [0.1, 0.15) is 61.6 Å². The first-order valence-corrected chi connectivity index (χ1v) is 19.8. The van der Waals surface area contributed by atoms with Crippen molar-refractivity contribution in [3.05, 3.63) is 129 Å². The Labute approximate surface area is 211 Å². The van der Waals surface area contributed by atoms with E-state index >= 15 is 0 Å². The van der Waals surface area contributed by atoms with Gasteiger partial charge in [-0.25, -0.2) is 0 Å². The van der Waals surface area contributed by atoms with Crippen molar-refractivity contribution < 1.29 is 20.3 Å². The van der Waals surface area contributed by atoms with Gasteiger partial charge in [-0.3, -0.25) is 0 Å². The third-order valence-electron chi connectivity index (χ3n) is 8.06. The van der Waals surface area contributed by atoms with Gasteiger partial charge >= 0.3 is 212 Å². The molecule has 0 N–H and O–H groups in total. The average molecular weight is 526 g/mol. The van der Waals surface area contributed by atoms with Crippen LogP contribution < -0.4 is 0 Å². The molecule has 1 heteroatoms. The van der Waals surface area contributed by atoms with Crippen molar-refractivity contribution >= 4 is 0 Å². The van der Waals surface area contributed by atoms with Crippen molar-refractivity contribution in [2.75, 3.05) is 0 Å². The molecular weight excluding hydrogens is 488 g/mol. The van der Waals surface area contributed by atoms with Crippen molar-refractivity contribution in [1.82, 2.24) is 0 Å². The van der Waals surface area contributed by atoms with Gasteiger partial charge in [0.25, 0.3) is 0 Å². The Morgan fingerprint density at radius 3 is 1.53 bits per heavy atom. The number of allylic oxidation sites excluding steroid dienone is 4. The van der Waals surface area contributed by atoms with Gasteiger partial charge in [0.2, 0.25) is 0 Å². The molecule has 0 aromatic heterocycles. The number of hydrogen-bond acceptors (Lipinski definition) is 0. The van der Waals surface area contributed by atoms with Crippen molar-refractivity contribution in [2.24, 2.45) is 5.92 Å². The Kier molecular flexibility index (Phi) is 8.13. The quantitative estimate of drug-likeness (QED) is 0.261. The van der Waals surface area contributed by atoms with Gasteiger partial charge in [-0.1, -0.05) is 0 Å². The van der Waals surface area contributed by atoms with Crippen LogP contribution in [0.5, 0.6) is 0 Å². The van der Waals surface area contributed by atoms with Gasteiger partial charge in [-0.15, -0.1) is 0 Å². The van der Waals surface area contributed by atoms with Crippen LogP contribution in [0.3, 0.4) is 0 Å². The molecule has 0 spiro atoms. The SMILES string of the molecule is C1=CC(CC2CCCCC2)=[C]([Zr]([CH2]c2ccccc2)([CH2]c2ccccc2)[CH2]c2ccccc2)C1. The fourth-order valence-electron chi connectivity index (χ4n) is 6.47. The van der Waals surface area contributed by atoms with Crippen molar-refractivity contribution in [3.63, 3.8) is 0 Å². The monoisotopic (exact) mass is 524 g/mol. The minimum absolute atomic E-state index is 0.899. The molecule has 0 heterocycles. The molecule has 0 unspecified atom stereocenters. The molecule has 5 rings (SSSR count). The summed E-state index contributed by atoms with van der Waals surface area (Å²) in [5.41, 5.74) is 6.37. The second kappa shape index (κ2) is 11.6. The van der Waals surface area contributed by atoms with E-state index in [-0.39, 0.29) is 0 Å². The summed E-state index contributed by atoms with van der Waals surface area (Å²) in [5.74, 6) is 0.899. The minimum atomic E-state index is -2.94. The van der Waals surface area contributed by atoms with E-state index in [0.29, 0.717) is 0 Å². The number of rotatable bonds is 9. The van der Waals surface area contributed by atoms with Gasteiger partial charge in [-0.2, -0.15) is 0 Å². The molecule has 3 aromatic rings. The van der Waals surface area contributed by atoms with E-state index in [9.17, 15) is 0 Å². The van der Waals surface area contributed by atoms with E-state index in [2.05, 4.69) is 103 Å². The molecule has 174 valence electrons. The summed E-state index contributed by atoms with van der Waals surface area (Å²) >= 11 is -2.94. The molecule has 0 nitrogen and oxygen atoms in total. The van der Waals surface area contributed by atoms with Crippen LogP contribution >= 0.6 is 0 Å². The Morgan fingerprint density at radius 2 is 1.06 bits per heavy atom. The second-order valence-electron chi connectivity index (χ2n) is 10.6. The summed E-state index contributed by atoms with van der Waals surface area (Å²) in [4.78, 5) is 0. The maximum absolute atomic E-state index is 2.94. The first kappa shape index (κ1) is 23.8. The van der Waals surface area contributed by atoms with E-state index < -0.39 is 20.3 Å². The molecule has 1 fully saturated rings. The van der Waals surface area contributed by atoms with Crippen LogP contribution in [-0.4, -0.2) is 0 Å². The molecule has 2 aliphatic rings. The summed E-state index contributed by atoms with van der Waals surface area (Å²) in [5, 5.41) is 0. The van der Waals surface area contributed by atoms with Gasteiger partial charge in [-0.05, 0) is 0 Å². The first-order chi connectivity index (χ1) is 16.8. The van der Waals surface area contributed by atoms with E-state index in [4.69, 9.17) is 0 Å². The Morgan fingerprint density at radius 1 is 0.588 bits per heavy atom. The fourth-order valence-corrected chi connectivity index (χ4v) is 19.9. The Hall–Kier alpha value is -1.98. The van der Waals surface area contributed by atoms with Crippen molar-refractivity contribution in [3.8, 4) is 0 Å². The van der Waals surface area contributed by atoms with Crippen LogP contribution in [0.25, 0.3) is 0 Å². The fraction of sp³-hybridized carbons (Fsp3) is 0.333. The van der Waals surface area contributed by atoms with Gasteiger partial charge in [0, 0.05) is 0 Å². The summed E-state index contributed by atoms with van der Waals surface area (Å²) < 4.78 is 5.80.